The van der Waals surface area contributed by atoms with E-state index in [4.69, 9.17) is 4.74 Å². The molecule has 9 heteroatoms. The van der Waals surface area contributed by atoms with Crippen LogP contribution in [0.25, 0.3) is 0 Å². The molecule has 202 valence electrons. The van der Waals surface area contributed by atoms with Crippen molar-refractivity contribution in [3.05, 3.63) is 59.7 Å². The highest BCUT2D eigenvalue weighted by molar-refractivity contribution is 7.92. The molecule has 0 radical (unpaired) electrons. The number of sulfonamides is 1. The number of nitrogens with zero attached hydrogens (tertiary/aromatic N) is 2. The summed E-state index contributed by atoms with van der Waals surface area (Å²) in [5, 5.41) is 3.12. The Bertz CT molecular complexity index is 1160. The van der Waals surface area contributed by atoms with E-state index in [1.54, 1.807) is 24.3 Å². The van der Waals surface area contributed by atoms with E-state index in [1.807, 2.05) is 45.0 Å². The van der Waals surface area contributed by atoms with Gasteiger partial charge in [-0.25, -0.2) is 8.42 Å². The Labute approximate surface area is 221 Å². The van der Waals surface area contributed by atoms with Gasteiger partial charge in [0.2, 0.25) is 21.8 Å². The van der Waals surface area contributed by atoms with Crippen LogP contribution in [0, 0.1) is 6.92 Å². The van der Waals surface area contributed by atoms with Gasteiger partial charge in [-0.05, 0) is 68.5 Å². The molecular weight excluding hydrogens is 490 g/mol. The molecule has 2 aromatic carbocycles. The summed E-state index contributed by atoms with van der Waals surface area (Å²) < 4.78 is 32.1. The zero-order valence-corrected chi connectivity index (χ0v) is 23.1. The van der Waals surface area contributed by atoms with E-state index >= 15 is 0 Å². The minimum Gasteiger partial charge on any atom is -0.494 e. The van der Waals surface area contributed by atoms with Crippen molar-refractivity contribution < 1.29 is 22.7 Å². The van der Waals surface area contributed by atoms with Gasteiger partial charge < -0.3 is 15.0 Å². The average Bonchev–Trinajstić information content (AvgIpc) is 3.36. The standard InChI is InChI=1S/C28H39N3O5S/c1-5-26(28(33)29-23-13-9-10-14-23)30(19-22-12-8-7-11-21(22)3)27(32)20-31(37(4,34)35)24-15-17-25(18-16-24)36-6-2/h7-8,11-12,15-18,23,26H,5-6,9-10,13-14,19-20H2,1-4H3,(H,29,33). The third-order valence-corrected chi connectivity index (χ3v) is 7.94. The second-order valence-electron chi connectivity index (χ2n) is 9.56. The number of benzene rings is 2. The maximum absolute atomic E-state index is 13.8. The third kappa shape index (κ3) is 7.71. The van der Waals surface area contributed by atoms with Gasteiger partial charge in [-0.3, -0.25) is 13.9 Å². The highest BCUT2D eigenvalue weighted by Crippen LogP contribution is 2.24. The van der Waals surface area contributed by atoms with Crippen molar-refractivity contribution in [1.29, 1.82) is 0 Å². The summed E-state index contributed by atoms with van der Waals surface area (Å²) in [6.45, 7) is 5.99. The van der Waals surface area contributed by atoms with Crippen LogP contribution in [-0.2, 0) is 26.2 Å². The lowest BCUT2D eigenvalue weighted by molar-refractivity contribution is -0.140. The molecule has 1 aliphatic carbocycles. The van der Waals surface area contributed by atoms with E-state index in [1.165, 1.54) is 4.90 Å². The topological polar surface area (TPSA) is 96.0 Å². The Balaban J connectivity index is 1.91. The summed E-state index contributed by atoms with van der Waals surface area (Å²) >= 11 is 0. The number of nitrogens with one attached hydrogen (secondary N) is 1. The van der Waals surface area contributed by atoms with Crippen molar-refractivity contribution in [1.82, 2.24) is 10.2 Å². The lowest BCUT2D eigenvalue weighted by Gasteiger charge is -2.33. The number of aryl methyl sites for hydroxylation is 1. The minimum absolute atomic E-state index is 0.119. The molecule has 1 fully saturated rings. The molecule has 8 nitrogen and oxygen atoms in total. The van der Waals surface area contributed by atoms with Crippen LogP contribution in [0.4, 0.5) is 5.69 Å². The zero-order valence-electron chi connectivity index (χ0n) is 22.3. The minimum atomic E-state index is -3.78. The molecule has 1 atom stereocenters. The average molecular weight is 530 g/mol. The van der Waals surface area contributed by atoms with Gasteiger partial charge in [-0.2, -0.15) is 0 Å². The molecule has 37 heavy (non-hydrogen) atoms. The Morgan fingerprint density at radius 2 is 1.70 bits per heavy atom. The summed E-state index contributed by atoms with van der Waals surface area (Å²) in [6.07, 6.45) is 5.53. The molecule has 0 bridgehead atoms. The van der Waals surface area contributed by atoms with Crippen LogP contribution in [0.5, 0.6) is 5.75 Å². The maximum Gasteiger partial charge on any atom is 0.244 e. The molecular formula is C28H39N3O5S. The predicted octanol–water partition coefficient (Wildman–Crippen LogP) is 4.03. The fourth-order valence-corrected chi connectivity index (χ4v) is 5.60. The molecule has 0 saturated heterocycles. The van der Waals surface area contributed by atoms with Crippen molar-refractivity contribution in [2.45, 2.75) is 71.5 Å². The van der Waals surface area contributed by atoms with Gasteiger partial charge in [0, 0.05) is 12.6 Å². The van der Waals surface area contributed by atoms with Gasteiger partial charge in [-0.15, -0.1) is 0 Å². The number of carbonyl (C=O) groups excluding carboxylic acids is 2. The number of amides is 2. The number of hydrogen-bond acceptors (Lipinski definition) is 5. The first kappa shape index (κ1) is 28.5. The highest BCUT2D eigenvalue weighted by Gasteiger charge is 2.33. The fourth-order valence-electron chi connectivity index (χ4n) is 4.75. The monoisotopic (exact) mass is 529 g/mol. The first-order valence-corrected chi connectivity index (χ1v) is 14.8. The van der Waals surface area contributed by atoms with E-state index in [0.29, 0.717) is 24.5 Å². The molecule has 3 rings (SSSR count). The third-order valence-electron chi connectivity index (χ3n) is 6.80. The molecule has 2 amide bonds. The number of hydrogen-bond donors (Lipinski definition) is 1. The Morgan fingerprint density at radius 3 is 2.27 bits per heavy atom. The summed E-state index contributed by atoms with van der Waals surface area (Å²) in [5.41, 5.74) is 2.27. The smallest absolute Gasteiger partial charge is 0.244 e. The van der Waals surface area contributed by atoms with Gasteiger partial charge in [0.05, 0.1) is 18.6 Å². The first-order valence-electron chi connectivity index (χ1n) is 13.0. The lowest BCUT2D eigenvalue weighted by Crippen LogP contribution is -2.53. The summed E-state index contributed by atoms with van der Waals surface area (Å²) in [6, 6.07) is 13.7. The molecule has 1 aliphatic rings. The summed E-state index contributed by atoms with van der Waals surface area (Å²) in [4.78, 5) is 28.7. The van der Waals surface area contributed by atoms with Crippen LogP contribution in [-0.4, -0.2) is 56.6 Å². The van der Waals surface area contributed by atoms with Crippen LogP contribution in [0.2, 0.25) is 0 Å². The van der Waals surface area contributed by atoms with Crippen molar-refractivity contribution >= 4 is 27.5 Å². The molecule has 1 unspecified atom stereocenters. The summed E-state index contributed by atoms with van der Waals surface area (Å²) in [5.74, 6) is -0.0128. The van der Waals surface area contributed by atoms with E-state index in [0.717, 1.165) is 47.4 Å². The van der Waals surface area contributed by atoms with Gasteiger partial charge >= 0.3 is 0 Å². The predicted molar refractivity (Wildman–Crippen MR) is 146 cm³/mol. The molecule has 0 spiro atoms. The van der Waals surface area contributed by atoms with Crippen LogP contribution >= 0.6 is 0 Å². The van der Waals surface area contributed by atoms with Gasteiger partial charge in [0.15, 0.2) is 0 Å². The van der Waals surface area contributed by atoms with Crippen molar-refractivity contribution in [2.24, 2.45) is 0 Å². The highest BCUT2D eigenvalue weighted by atomic mass is 32.2. The Morgan fingerprint density at radius 1 is 1.05 bits per heavy atom. The molecule has 0 heterocycles. The molecule has 2 aromatic rings. The number of rotatable bonds is 12. The second kappa shape index (κ2) is 12.9. The Hall–Kier alpha value is -3.07. The Kier molecular flexibility index (Phi) is 9.97. The van der Waals surface area contributed by atoms with Crippen LogP contribution in [0.1, 0.15) is 57.1 Å². The molecule has 0 aromatic heterocycles. The van der Waals surface area contributed by atoms with Crippen molar-refractivity contribution in [3.63, 3.8) is 0 Å². The van der Waals surface area contributed by atoms with Crippen LogP contribution in [0.15, 0.2) is 48.5 Å². The normalized spacial score (nSPS) is 14.7. The van der Waals surface area contributed by atoms with E-state index in [-0.39, 0.29) is 18.5 Å². The first-order chi connectivity index (χ1) is 17.6. The molecule has 1 saturated carbocycles. The summed E-state index contributed by atoms with van der Waals surface area (Å²) in [7, 11) is -3.78. The lowest BCUT2D eigenvalue weighted by atomic mass is 10.1. The number of anilines is 1. The van der Waals surface area contributed by atoms with Gasteiger partial charge in [0.1, 0.15) is 18.3 Å². The molecule has 0 aliphatic heterocycles. The van der Waals surface area contributed by atoms with Crippen LogP contribution in [0.3, 0.4) is 0 Å². The van der Waals surface area contributed by atoms with Crippen molar-refractivity contribution in [2.75, 3.05) is 23.7 Å². The van der Waals surface area contributed by atoms with E-state index in [2.05, 4.69) is 5.32 Å². The maximum atomic E-state index is 13.8. The SMILES string of the molecule is CCOc1ccc(N(CC(=O)N(Cc2ccccc2C)C(CC)C(=O)NC2CCCC2)S(C)(=O)=O)cc1. The zero-order chi connectivity index (χ0) is 27.0. The van der Waals surface area contributed by atoms with Crippen LogP contribution < -0.4 is 14.4 Å². The van der Waals surface area contributed by atoms with Crippen molar-refractivity contribution in [3.8, 4) is 5.75 Å². The van der Waals surface area contributed by atoms with Gasteiger partial charge in [-0.1, -0.05) is 44.0 Å². The van der Waals surface area contributed by atoms with E-state index < -0.39 is 28.5 Å². The second-order valence-corrected chi connectivity index (χ2v) is 11.5. The fraction of sp³-hybridized carbons (Fsp3) is 0.500. The number of ether oxygens (including phenoxy) is 1. The van der Waals surface area contributed by atoms with Gasteiger partial charge in [0.25, 0.3) is 0 Å². The largest absolute Gasteiger partial charge is 0.494 e. The van der Waals surface area contributed by atoms with E-state index in [9.17, 15) is 18.0 Å². The quantitative estimate of drug-likeness (QED) is 0.448. The number of carbonyl (C=O) groups is 2. The molecule has 1 N–H and O–H groups in total.